The van der Waals surface area contributed by atoms with Crippen LogP contribution in [0.5, 0.6) is 23.0 Å². The molecule has 10 nitrogen and oxygen atoms in total. The van der Waals surface area contributed by atoms with E-state index in [0.29, 0.717) is 47.1 Å². The number of para-hydroxylation sites is 1. The number of likely N-dealkylation sites (tertiary alicyclic amines) is 1. The molecule has 5 aromatic rings. The van der Waals surface area contributed by atoms with Gasteiger partial charge in [-0.1, -0.05) is 61.8 Å². The summed E-state index contributed by atoms with van der Waals surface area (Å²) in [5.41, 5.74) is 12.7. The second-order valence-electron chi connectivity index (χ2n) is 15.2. The van der Waals surface area contributed by atoms with Crippen LogP contribution in [0.3, 0.4) is 0 Å². The average Bonchev–Trinajstić information content (AvgIpc) is 3.59. The van der Waals surface area contributed by atoms with Gasteiger partial charge in [0.25, 0.3) is 0 Å². The van der Waals surface area contributed by atoms with Crippen LogP contribution >= 0.6 is 0 Å². The Hall–Kier alpha value is -5.90. The molecule has 10 heteroatoms. The molecule has 2 aliphatic rings. The van der Waals surface area contributed by atoms with Gasteiger partial charge in [-0.05, 0) is 112 Å². The van der Waals surface area contributed by atoms with Gasteiger partial charge >= 0.3 is 0 Å². The van der Waals surface area contributed by atoms with E-state index in [-0.39, 0.29) is 29.5 Å². The summed E-state index contributed by atoms with van der Waals surface area (Å²) in [6.45, 7) is 11.7. The quantitative estimate of drug-likeness (QED) is 0.0526. The van der Waals surface area contributed by atoms with Crippen molar-refractivity contribution in [2.75, 3.05) is 18.8 Å². The van der Waals surface area contributed by atoms with Gasteiger partial charge in [0.05, 0.1) is 17.7 Å². The second kappa shape index (κ2) is 17.3. The van der Waals surface area contributed by atoms with E-state index in [1.165, 1.54) is 24.2 Å². The van der Waals surface area contributed by atoms with Crippen LogP contribution in [0, 0.1) is 5.92 Å². The number of nitrogens with two attached hydrogens (primary N) is 1. The van der Waals surface area contributed by atoms with Gasteiger partial charge in [0.2, 0.25) is 5.91 Å². The number of anilines is 1. The van der Waals surface area contributed by atoms with Crippen LogP contribution in [-0.2, 0) is 11.2 Å². The van der Waals surface area contributed by atoms with E-state index >= 15 is 0 Å². The highest BCUT2D eigenvalue weighted by Crippen LogP contribution is 2.47. The van der Waals surface area contributed by atoms with Crippen molar-refractivity contribution in [3.8, 4) is 34.3 Å². The lowest BCUT2D eigenvalue weighted by Crippen LogP contribution is -2.40. The van der Waals surface area contributed by atoms with Crippen LogP contribution < -0.4 is 15.2 Å². The number of nitrogen functional groups attached to an aromatic ring is 1. The molecule has 0 radical (unpaired) electrons. The third-order valence-electron chi connectivity index (χ3n) is 11.0. The predicted molar refractivity (Wildman–Crippen MR) is 222 cm³/mol. The number of hydrogen-bond acceptors (Lipinski definition) is 8. The van der Waals surface area contributed by atoms with E-state index in [4.69, 9.17) is 20.3 Å². The number of fused-ring (bicyclic) bond motifs is 1. The number of phenolic OH excluding ortho intramolecular Hbond substituents is 1. The number of hydrogen-bond donors (Lipinski definition) is 2. The molecule has 1 saturated heterocycles. The van der Waals surface area contributed by atoms with Crippen molar-refractivity contribution < 1.29 is 19.4 Å². The van der Waals surface area contributed by atoms with Gasteiger partial charge in [-0.15, -0.1) is 0 Å². The highest BCUT2D eigenvalue weighted by atomic mass is 16.5. The number of piperidine rings is 1. The van der Waals surface area contributed by atoms with E-state index < -0.39 is 0 Å². The number of unbranched alkanes of at least 4 members (excludes halogenated alkanes) is 2. The minimum absolute atomic E-state index is 0.0694. The van der Waals surface area contributed by atoms with Crippen molar-refractivity contribution in [1.29, 1.82) is 0 Å². The number of aromatic nitrogens is 4. The molecule has 1 aliphatic carbocycles. The highest BCUT2D eigenvalue weighted by molar-refractivity contribution is 5.98. The Bertz CT molecular complexity index is 2240. The van der Waals surface area contributed by atoms with E-state index in [0.717, 1.165) is 79.4 Å². The largest absolute Gasteiger partial charge is 0.507 e. The number of amides is 1. The lowest BCUT2D eigenvalue weighted by atomic mass is 9.73. The molecule has 3 aromatic carbocycles. The summed E-state index contributed by atoms with van der Waals surface area (Å²) in [4.78, 5) is 24.5. The molecule has 3 heterocycles. The number of carbonyl (C=O) groups is 1. The molecule has 7 rings (SSSR count). The predicted octanol–water partition coefficient (Wildman–Crippen LogP) is 10.1. The number of allylic oxidation sites excluding steroid dienone is 3. The van der Waals surface area contributed by atoms with Gasteiger partial charge in [-0.25, -0.2) is 14.6 Å². The van der Waals surface area contributed by atoms with Crippen LogP contribution in [0.1, 0.15) is 88.8 Å². The first-order valence-electron chi connectivity index (χ1n) is 19.8. The number of rotatable bonds is 13. The fourth-order valence-corrected chi connectivity index (χ4v) is 8.11. The monoisotopic (exact) mass is 752 g/mol. The van der Waals surface area contributed by atoms with Crippen molar-refractivity contribution in [3.63, 3.8) is 0 Å². The van der Waals surface area contributed by atoms with Gasteiger partial charge in [0.15, 0.2) is 5.65 Å². The minimum atomic E-state index is -0.160. The number of aryl methyl sites for hydroxylation is 1. The number of phenols is 1. The molecule has 56 heavy (non-hydrogen) atoms. The SMILES string of the molecule is C=C(C)[C@H]1CCC(C)=C[C@@H]1c1c(O)cc(CCCCC)cc1O/C=C/C(=O)N1CCC[C@@H](n2nc(-c3ccc(Oc4ccccc4)cc3)c3c(N)ncnc32)C1. The van der Waals surface area contributed by atoms with Gasteiger partial charge in [-0.2, -0.15) is 5.10 Å². The summed E-state index contributed by atoms with van der Waals surface area (Å²) >= 11 is 0. The third kappa shape index (κ3) is 8.49. The van der Waals surface area contributed by atoms with Crippen LogP contribution in [0.25, 0.3) is 22.3 Å². The first-order valence-corrected chi connectivity index (χ1v) is 19.8. The second-order valence-corrected chi connectivity index (χ2v) is 15.2. The molecule has 0 unspecified atom stereocenters. The fraction of sp³-hybridized carbons (Fsp3) is 0.348. The Labute approximate surface area is 329 Å². The summed E-state index contributed by atoms with van der Waals surface area (Å²) in [5, 5.41) is 17.2. The topological polar surface area (TPSA) is 129 Å². The molecule has 1 aliphatic heterocycles. The number of carbonyl (C=O) groups excluding carboxylic acids is 1. The molecule has 0 bridgehead atoms. The molecular weight excluding hydrogens is 701 g/mol. The lowest BCUT2D eigenvalue weighted by molar-refractivity contribution is -0.127. The normalized spacial score (nSPS) is 18.6. The standard InChI is InChI=1S/C46H52N6O4/c1-5-6-8-12-32-26-39(53)42(38-25-31(4)16-21-37(38)30(2)3)40(27-32)55-24-22-41(54)51-23-11-13-34(28-51)52-46-43(45(47)48-29-49-46)44(50-52)33-17-19-36(20-18-33)56-35-14-9-7-10-15-35/h7,9-10,14-15,17-20,22,24-27,29,34,37-38,53H,2,5-6,8,11-13,16,21,23,28H2,1,3-4H3,(H2,47,48,49)/b24-22+/t34-,37-,38+/m1/s1. The first-order chi connectivity index (χ1) is 27.2. The zero-order valence-corrected chi connectivity index (χ0v) is 32.7. The average molecular weight is 753 g/mol. The molecular formula is C46H52N6O4. The van der Waals surface area contributed by atoms with Crippen molar-refractivity contribution in [2.45, 2.75) is 84.1 Å². The molecule has 290 valence electrons. The Morgan fingerprint density at radius 1 is 1.05 bits per heavy atom. The smallest absolute Gasteiger partial charge is 0.249 e. The minimum Gasteiger partial charge on any atom is -0.507 e. The highest BCUT2D eigenvalue weighted by Gasteiger charge is 2.31. The maximum Gasteiger partial charge on any atom is 0.249 e. The maximum absolute atomic E-state index is 13.8. The van der Waals surface area contributed by atoms with Crippen molar-refractivity contribution >= 4 is 22.8 Å². The van der Waals surface area contributed by atoms with E-state index in [1.54, 1.807) is 0 Å². The van der Waals surface area contributed by atoms with Gasteiger partial charge in [0.1, 0.15) is 40.8 Å². The van der Waals surface area contributed by atoms with Crippen LogP contribution in [-0.4, -0.2) is 48.8 Å². The van der Waals surface area contributed by atoms with Crippen LogP contribution in [0.15, 0.2) is 109 Å². The Balaban J connectivity index is 1.11. The zero-order chi connectivity index (χ0) is 39.2. The van der Waals surface area contributed by atoms with E-state index in [1.807, 2.05) is 76.3 Å². The fourth-order valence-electron chi connectivity index (χ4n) is 8.11. The Morgan fingerprint density at radius 2 is 1.84 bits per heavy atom. The van der Waals surface area contributed by atoms with Crippen molar-refractivity contribution in [1.82, 2.24) is 24.6 Å². The summed E-state index contributed by atoms with van der Waals surface area (Å²) < 4.78 is 14.2. The Morgan fingerprint density at radius 3 is 2.61 bits per heavy atom. The maximum atomic E-state index is 13.8. The zero-order valence-electron chi connectivity index (χ0n) is 32.7. The number of aromatic hydroxyl groups is 1. The van der Waals surface area contributed by atoms with Crippen LogP contribution in [0.2, 0.25) is 0 Å². The molecule has 0 saturated carbocycles. The van der Waals surface area contributed by atoms with Gasteiger partial charge in [0, 0.05) is 36.2 Å². The lowest BCUT2D eigenvalue weighted by Gasteiger charge is -2.32. The third-order valence-corrected chi connectivity index (χ3v) is 11.0. The number of ether oxygens (including phenoxy) is 2. The molecule has 1 fully saturated rings. The van der Waals surface area contributed by atoms with Gasteiger partial charge < -0.3 is 25.2 Å². The molecule has 2 aromatic heterocycles. The molecule has 0 spiro atoms. The summed E-state index contributed by atoms with van der Waals surface area (Å²) in [6, 6.07) is 21.1. The molecule has 3 atom stereocenters. The Kier molecular flexibility index (Phi) is 11.8. The summed E-state index contributed by atoms with van der Waals surface area (Å²) in [6.07, 6.45) is 14.3. The number of nitrogens with zero attached hydrogens (tertiary/aromatic N) is 5. The summed E-state index contributed by atoms with van der Waals surface area (Å²) in [5.74, 6) is 2.56. The number of benzene rings is 3. The van der Waals surface area contributed by atoms with Crippen molar-refractivity contribution in [2.24, 2.45) is 5.92 Å². The summed E-state index contributed by atoms with van der Waals surface area (Å²) in [7, 11) is 0. The molecule has 3 N–H and O–H groups in total. The van der Waals surface area contributed by atoms with Gasteiger partial charge in [-0.3, -0.25) is 4.79 Å². The van der Waals surface area contributed by atoms with Crippen LogP contribution in [0.4, 0.5) is 5.82 Å². The molecule has 1 amide bonds. The first kappa shape index (κ1) is 38.4. The van der Waals surface area contributed by atoms with E-state index in [2.05, 4.69) is 43.4 Å². The van der Waals surface area contributed by atoms with Crippen molar-refractivity contribution in [3.05, 3.63) is 120 Å². The van der Waals surface area contributed by atoms with E-state index in [9.17, 15) is 9.90 Å².